The Morgan fingerprint density at radius 1 is 1.13 bits per heavy atom. The first-order valence-electron chi connectivity index (χ1n) is 7.11. The van der Waals surface area contributed by atoms with Crippen LogP contribution in [0.5, 0.6) is 0 Å². The lowest BCUT2D eigenvalue weighted by atomic mass is 10.2. The minimum absolute atomic E-state index is 0.177. The van der Waals surface area contributed by atoms with Gasteiger partial charge in [-0.05, 0) is 38.1 Å². The fourth-order valence-corrected chi connectivity index (χ4v) is 2.59. The molecule has 5 nitrogen and oxygen atoms in total. The average molecular weight is 327 g/mol. The van der Waals surface area contributed by atoms with E-state index >= 15 is 0 Å². The van der Waals surface area contributed by atoms with Crippen molar-refractivity contribution in [2.75, 3.05) is 5.32 Å². The summed E-state index contributed by atoms with van der Waals surface area (Å²) < 4.78 is 1.80. The summed E-state index contributed by atoms with van der Waals surface area (Å²) in [6.07, 6.45) is 1.54. The molecule has 1 aromatic carbocycles. The van der Waals surface area contributed by atoms with Crippen molar-refractivity contribution in [1.82, 2.24) is 14.8 Å². The molecule has 0 aliphatic heterocycles. The molecule has 0 radical (unpaired) electrons. The van der Waals surface area contributed by atoms with Crippen LogP contribution in [-0.2, 0) is 0 Å². The smallest absolute Gasteiger partial charge is 0.258 e. The van der Waals surface area contributed by atoms with Crippen LogP contribution in [0.15, 0.2) is 48.7 Å². The van der Waals surface area contributed by atoms with Gasteiger partial charge in [0.1, 0.15) is 5.15 Å². The molecule has 0 atom stereocenters. The molecule has 0 spiro atoms. The van der Waals surface area contributed by atoms with E-state index in [1.807, 2.05) is 44.2 Å². The number of aromatic nitrogens is 3. The van der Waals surface area contributed by atoms with Gasteiger partial charge in [-0.3, -0.25) is 4.79 Å². The topological polar surface area (TPSA) is 59.8 Å². The maximum absolute atomic E-state index is 12.4. The van der Waals surface area contributed by atoms with Crippen molar-refractivity contribution in [3.8, 4) is 5.69 Å². The van der Waals surface area contributed by atoms with Crippen LogP contribution in [0, 0.1) is 13.8 Å². The number of hydrogen-bond acceptors (Lipinski definition) is 3. The summed E-state index contributed by atoms with van der Waals surface area (Å²) in [5, 5.41) is 7.56. The van der Waals surface area contributed by atoms with Crippen LogP contribution >= 0.6 is 11.6 Å². The van der Waals surface area contributed by atoms with Gasteiger partial charge in [0.15, 0.2) is 0 Å². The van der Waals surface area contributed by atoms with Gasteiger partial charge >= 0.3 is 0 Å². The molecule has 3 rings (SSSR count). The van der Waals surface area contributed by atoms with Gasteiger partial charge in [0.05, 0.1) is 28.3 Å². The van der Waals surface area contributed by atoms with Crippen molar-refractivity contribution >= 4 is 23.2 Å². The van der Waals surface area contributed by atoms with Crippen molar-refractivity contribution in [1.29, 1.82) is 0 Å². The summed E-state index contributed by atoms with van der Waals surface area (Å²) in [7, 11) is 0. The number of amides is 1. The third-order valence-corrected chi connectivity index (χ3v) is 3.84. The Balaban J connectivity index is 1.94. The molecule has 3 aromatic rings. The summed E-state index contributed by atoms with van der Waals surface area (Å²) in [5.74, 6) is -0.304. The van der Waals surface area contributed by atoms with Gasteiger partial charge in [-0.1, -0.05) is 29.8 Å². The molecule has 116 valence electrons. The van der Waals surface area contributed by atoms with Crippen molar-refractivity contribution in [3.63, 3.8) is 0 Å². The Kier molecular flexibility index (Phi) is 4.12. The van der Waals surface area contributed by atoms with E-state index in [0.717, 1.165) is 17.1 Å². The first-order valence-corrected chi connectivity index (χ1v) is 7.49. The van der Waals surface area contributed by atoms with Crippen LogP contribution in [0.3, 0.4) is 0 Å². The predicted octanol–water partition coefficient (Wildman–Crippen LogP) is 3.79. The fourth-order valence-electron chi connectivity index (χ4n) is 2.38. The number of carbonyl (C=O) groups excluding carboxylic acids is 1. The first-order chi connectivity index (χ1) is 11.1. The standard InChI is InChI=1S/C17H15ClN4O/c1-11-15(20-17(23)14-9-6-10-19-16(14)18)12(2)22(21-11)13-7-4-3-5-8-13/h3-10H,1-2H3,(H,20,23). The number of aryl methyl sites for hydroxylation is 1. The average Bonchev–Trinajstić information content (AvgIpc) is 2.84. The minimum Gasteiger partial charge on any atom is -0.319 e. The van der Waals surface area contributed by atoms with Crippen LogP contribution in [0.1, 0.15) is 21.7 Å². The highest BCUT2D eigenvalue weighted by molar-refractivity contribution is 6.33. The zero-order valence-electron chi connectivity index (χ0n) is 12.7. The number of nitrogens with one attached hydrogen (secondary N) is 1. The van der Waals surface area contributed by atoms with E-state index in [9.17, 15) is 4.79 Å². The molecule has 23 heavy (non-hydrogen) atoms. The molecular weight excluding hydrogens is 312 g/mol. The Morgan fingerprint density at radius 3 is 2.57 bits per heavy atom. The lowest BCUT2D eigenvalue weighted by Crippen LogP contribution is -2.14. The highest BCUT2D eigenvalue weighted by Gasteiger charge is 2.17. The van der Waals surface area contributed by atoms with E-state index in [-0.39, 0.29) is 11.1 Å². The van der Waals surface area contributed by atoms with Crippen molar-refractivity contribution in [2.24, 2.45) is 0 Å². The van der Waals surface area contributed by atoms with Crippen LogP contribution < -0.4 is 5.32 Å². The first kappa shape index (κ1) is 15.2. The quantitative estimate of drug-likeness (QED) is 0.745. The normalized spacial score (nSPS) is 10.6. The van der Waals surface area contributed by atoms with Gasteiger partial charge in [0, 0.05) is 6.20 Å². The second kappa shape index (κ2) is 6.22. The lowest BCUT2D eigenvalue weighted by Gasteiger charge is -2.07. The highest BCUT2D eigenvalue weighted by Crippen LogP contribution is 2.24. The van der Waals surface area contributed by atoms with E-state index in [2.05, 4.69) is 15.4 Å². The molecule has 1 amide bonds. The number of pyridine rings is 1. The van der Waals surface area contributed by atoms with Gasteiger partial charge in [-0.15, -0.1) is 0 Å². The van der Waals surface area contributed by atoms with Crippen LogP contribution in [-0.4, -0.2) is 20.7 Å². The van der Waals surface area contributed by atoms with Crippen molar-refractivity contribution in [3.05, 3.63) is 70.8 Å². The number of para-hydroxylation sites is 1. The van der Waals surface area contributed by atoms with E-state index < -0.39 is 0 Å². The number of rotatable bonds is 3. The molecule has 6 heteroatoms. The Morgan fingerprint density at radius 2 is 1.87 bits per heavy atom. The molecule has 0 saturated carbocycles. The number of nitrogens with zero attached hydrogens (tertiary/aromatic N) is 3. The van der Waals surface area contributed by atoms with Gasteiger partial charge < -0.3 is 5.32 Å². The molecule has 0 bridgehead atoms. The van der Waals surface area contributed by atoms with Crippen molar-refractivity contribution in [2.45, 2.75) is 13.8 Å². The van der Waals surface area contributed by atoms with Crippen LogP contribution in [0.4, 0.5) is 5.69 Å². The Hall–Kier alpha value is -2.66. The molecule has 1 N–H and O–H groups in total. The monoisotopic (exact) mass is 326 g/mol. The molecule has 0 saturated heterocycles. The van der Waals surface area contributed by atoms with Crippen LogP contribution in [0.25, 0.3) is 5.69 Å². The largest absolute Gasteiger partial charge is 0.319 e. The molecule has 0 aliphatic rings. The molecule has 2 heterocycles. The van der Waals surface area contributed by atoms with Gasteiger partial charge in [0.25, 0.3) is 5.91 Å². The van der Waals surface area contributed by atoms with Gasteiger partial charge in [0.2, 0.25) is 0 Å². The maximum atomic E-state index is 12.4. The molecule has 0 aliphatic carbocycles. The highest BCUT2D eigenvalue weighted by atomic mass is 35.5. The third kappa shape index (κ3) is 2.96. The number of anilines is 1. The summed E-state index contributed by atoms with van der Waals surface area (Å²) >= 11 is 5.97. The number of benzene rings is 1. The number of carbonyl (C=O) groups is 1. The van der Waals surface area contributed by atoms with E-state index in [1.54, 1.807) is 23.0 Å². The summed E-state index contributed by atoms with van der Waals surface area (Å²) in [4.78, 5) is 16.3. The Labute approximate surface area is 138 Å². The summed E-state index contributed by atoms with van der Waals surface area (Å²) in [6.45, 7) is 3.76. The predicted molar refractivity (Wildman–Crippen MR) is 90.2 cm³/mol. The van der Waals surface area contributed by atoms with Gasteiger partial charge in [-0.25, -0.2) is 9.67 Å². The zero-order valence-corrected chi connectivity index (χ0v) is 13.5. The second-order valence-electron chi connectivity index (χ2n) is 5.09. The minimum atomic E-state index is -0.304. The van der Waals surface area contributed by atoms with E-state index in [0.29, 0.717) is 11.3 Å². The molecular formula is C17H15ClN4O. The third-order valence-electron chi connectivity index (χ3n) is 3.53. The van der Waals surface area contributed by atoms with Crippen molar-refractivity contribution < 1.29 is 4.79 Å². The molecule has 2 aromatic heterocycles. The number of hydrogen-bond donors (Lipinski definition) is 1. The summed E-state index contributed by atoms with van der Waals surface area (Å²) in [5.41, 5.74) is 3.54. The lowest BCUT2D eigenvalue weighted by molar-refractivity contribution is 0.102. The fraction of sp³-hybridized carbons (Fsp3) is 0.118. The van der Waals surface area contributed by atoms with E-state index in [1.165, 1.54) is 0 Å². The van der Waals surface area contributed by atoms with Gasteiger partial charge in [-0.2, -0.15) is 5.10 Å². The Bertz CT molecular complexity index is 858. The number of halogens is 1. The van der Waals surface area contributed by atoms with E-state index in [4.69, 9.17) is 11.6 Å². The molecule has 0 fully saturated rings. The maximum Gasteiger partial charge on any atom is 0.258 e. The molecule has 0 unspecified atom stereocenters. The SMILES string of the molecule is Cc1nn(-c2ccccc2)c(C)c1NC(=O)c1cccnc1Cl. The zero-order chi connectivity index (χ0) is 16.4. The van der Waals surface area contributed by atoms with Crippen LogP contribution in [0.2, 0.25) is 5.15 Å². The summed E-state index contributed by atoms with van der Waals surface area (Å²) in [6, 6.07) is 13.1. The second-order valence-corrected chi connectivity index (χ2v) is 5.45.